The van der Waals surface area contributed by atoms with Gasteiger partial charge in [-0.3, -0.25) is 15.0 Å². The number of carbonyl (C=O) groups excluding carboxylic acids is 2. The lowest BCUT2D eigenvalue weighted by Gasteiger charge is -2.22. The van der Waals surface area contributed by atoms with Crippen molar-refractivity contribution >= 4 is 23.5 Å². The van der Waals surface area contributed by atoms with Gasteiger partial charge in [-0.15, -0.1) is 0 Å². The molecule has 0 spiro atoms. The fourth-order valence-electron chi connectivity index (χ4n) is 1.52. The largest absolute Gasteiger partial charge is 0.426 e. The van der Waals surface area contributed by atoms with E-state index in [9.17, 15) is 9.59 Å². The highest BCUT2D eigenvalue weighted by Gasteiger charge is 2.16. The van der Waals surface area contributed by atoms with Crippen LogP contribution in [0.3, 0.4) is 0 Å². The van der Waals surface area contributed by atoms with Crippen LogP contribution < -0.4 is 15.6 Å². The van der Waals surface area contributed by atoms with Gasteiger partial charge in [-0.05, 0) is 30.4 Å². The molecule has 1 aliphatic rings. The van der Waals surface area contributed by atoms with Crippen LogP contribution in [-0.4, -0.2) is 17.0 Å². The number of carbonyl (C=O) groups is 2. The molecule has 0 radical (unpaired) electrons. The lowest BCUT2D eigenvalue weighted by molar-refractivity contribution is -0.131. The van der Waals surface area contributed by atoms with Crippen LogP contribution in [0.15, 0.2) is 42.8 Å². The summed E-state index contributed by atoms with van der Waals surface area (Å²) in [5.74, 6) is -0.826. The molecule has 0 fully saturated rings. The van der Waals surface area contributed by atoms with Crippen LogP contribution in [0.1, 0.15) is 17.3 Å². The summed E-state index contributed by atoms with van der Waals surface area (Å²) in [5, 5.41) is 1.73. The first-order valence-electron chi connectivity index (χ1n) is 5.74. The van der Waals surface area contributed by atoms with E-state index in [1.165, 1.54) is 24.2 Å². The Morgan fingerprint density at radius 3 is 2.80 bits per heavy atom. The topological polar surface area (TPSA) is 70.7 Å². The highest BCUT2D eigenvalue weighted by Crippen LogP contribution is 2.23. The van der Waals surface area contributed by atoms with Crippen LogP contribution in [0.4, 0.5) is 0 Å². The molecule has 104 valence electrons. The Balaban J connectivity index is 2.19. The lowest BCUT2D eigenvalue weighted by Crippen LogP contribution is -2.45. The second kappa shape index (κ2) is 6.12. The van der Waals surface area contributed by atoms with Crippen molar-refractivity contribution in [3.63, 3.8) is 0 Å². The summed E-state index contributed by atoms with van der Waals surface area (Å²) in [5.41, 5.74) is 5.52. The molecule has 0 saturated heterocycles. The Hall–Kier alpha value is -2.47. The van der Waals surface area contributed by atoms with E-state index in [-0.39, 0.29) is 11.3 Å². The van der Waals surface area contributed by atoms with Gasteiger partial charge in [-0.1, -0.05) is 11.6 Å². The molecule has 1 aromatic rings. The van der Waals surface area contributed by atoms with Crippen LogP contribution in [0.25, 0.3) is 0 Å². The van der Waals surface area contributed by atoms with Gasteiger partial charge < -0.3 is 4.74 Å². The number of halogens is 1. The molecule has 1 aliphatic heterocycles. The standard InChI is InChI=1S/C13H12ClN3O3/c1-9(18)20-12-5-4-10(14)8-11(12)13(19)16-17-7-3-2-6-15-17/h2-8,15H,1H3,(H,16,19). The summed E-state index contributed by atoms with van der Waals surface area (Å²) in [6, 6.07) is 4.44. The third kappa shape index (κ3) is 3.52. The summed E-state index contributed by atoms with van der Waals surface area (Å²) >= 11 is 5.87. The van der Waals surface area contributed by atoms with Gasteiger partial charge in [0.2, 0.25) is 0 Å². The van der Waals surface area contributed by atoms with Gasteiger partial charge in [-0.2, -0.15) is 0 Å². The molecule has 2 N–H and O–H groups in total. The molecule has 0 saturated carbocycles. The minimum absolute atomic E-state index is 0.149. The van der Waals surface area contributed by atoms with Crippen molar-refractivity contribution < 1.29 is 14.3 Å². The maximum absolute atomic E-state index is 12.2. The zero-order valence-electron chi connectivity index (χ0n) is 10.6. The first kappa shape index (κ1) is 14.0. The predicted molar refractivity (Wildman–Crippen MR) is 73.5 cm³/mol. The molecule has 1 aromatic carbocycles. The van der Waals surface area contributed by atoms with E-state index < -0.39 is 11.9 Å². The van der Waals surface area contributed by atoms with Crippen molar-refractivity contribution in [3.8, 4) is 5.75 Å². The van der Waals surface area contributed by atoms with Gasteiger partial charge in [0.15, 0.2) is 0 Å². The van der Waals surface area contributed by atoms with Crippen LogP contribution in [0.5, 0.6) is 5.75 Å². The summed E-state index contributed by atoms with van der Waals surface area (Å²) in [4.78, 5) is 23.2. The molecule has 0 aromatic heterocycles. The number of ether oxygens (including phenoxy) is 1. The number of nitrogens with zero attached hydrogens (tertiary/aromatic N) is 1. The maximum atomic E-state index is 12.2. The molecule has 0 atom stereocenters. The molecule has 0 bridgehead atoms. The van der Waals surface area contributed by atoms with E-state index in [0.717, 1.165) is 0 Å². The van der Waals surface area contributed by atoms with Crippen molar-refractivity contribution in [2.45, 2.75) is 6.92 Å². The third-order valence-corrected chi connectivity index (χ3v) is 2.55. The van der Waals surface area contributed by atoms with Crippen molar-refractivity contribution in [1.29, 1.82) is 0 Å². The Morgan fingerprint density at radius 2 is 2.15 bits per heavy atom. The van der Waals surface area contributed by atoms with Gasteiger partial charge >= 0.3 is 5.97 Å². The second-order valence-corrected chi connectivity index (χ2v) is 4.31. The number of hydrogen-bond donors (Lipinski definition) is 2. The molecule has 1 heterocycles. The summed E-state index contributed by atoms with van der Waals surface area (Å²) in [6.45, 7) is 1.26. The number of hydrogen-bond acceptors (Lipinski definition) is 5. The van der Waals surface area contributed by atoms with Crippen molar-refractivity contribution in [2.75, 3.05) is 0 Å². The zero-order chi connectivity index (χ0) is 14.5. The SMILES string of the molecule is CC(=O)Oc1ccc(Cl)cc1C(=O)NN1C=CC=CN1. The number of nitrogens with one attached hydrogen (secondary N) is 2. The highest BCUT2D eigenvalue weighted by molar-refractivity contribution is 6.31. The Labute approximate surface area is 120 Å². The van der Waals surface area contributed by atoms with Crippen molar-refractivity contribution in [2.24, 2.45) is 0 Å². The molecule has 1 amide bonds. The quantitative estimate of drug-likeness (QED) is 0.656. The van der Waals surface area contributed by atoms with Crippen LogP contribution in [-0.2, 0) is 4.79 Å². The average molecular weight is 294 g/mol. The molecule has 20 heavy (non-hydrogen) atoms. The summed E-state index contributed by atoms with van der Waals surface area (Å²) < 4.78 is 4.98. The lowest BCUT2D eigenvalue weighted by atomic mass is 10.2. The number of allylic oxidation sites excluding steroid dienone is 2. The van der Waals surface area contributed by atoms with E-state index in [0.29, 0.717) is 5.02 Å². The van der Waals surface area contributed by atoms with E-state index in [1.54, 1.807) is 30.6 Å². The average Bonchev–Trinajstić information content (AvgIpc) is 2.41. The Kier molecular flexibility index (Phi) is 4.27. The second-order valence-electron chi connectivity index (χ2n) is 3.87. The van der Waals surface area contributed by atoms with E-state index >= 15 is 0 Å². The van der Waals surface area contributed by atoms with Crippen LogP contribution in [0, 0.1) is 0 Å². The number of rotatable bonds is 3. The number of esters is 1. The molecule has 2 rings (SSSR count). The van der Waals surface area contributed by atoms with Crippen molar-refractivity contribution in [3.05, 3.63) is 53.3 Å². The highest BCUT2D eigenvalue weighted by atomic mass is 35.5. The monoisotopic (exact) mass is 293 g/mol. The molecule has 7 heteroatoms. The Morgan fingerprint density at radius 1 is 1.35 bits per heavy atom. The minimum atomic E-state index is -0.514. The first-order chi connectivity index (χ1) is 9.56. The minimum Gasteiger partial charge on any atom is -0.426 e. The summed E-state index contributed by atoms with van der Waals surface area (Å²) in [6.07, 6.45) is 6.77. The zero-order valence-corrected chi connectivity index (χ0v) is 11.3. The van der Waals surface area contributed by atoms with Gasteiger partial charge in [0.1, 0.15) is 5.75 Å². The number of hydrazine groups is 2. The molecule has 0 aliphatic carbocycles. The maximum Gasteiger partial charge on any atom is 0.308 e. The molecule has 0 unspecified atom stereocenters. The smallest absolute Gasteiger partial charge is 0.308 e. The van der Waals surface area contributed by atoms with Gasteiger partial charge in [0.05, 0.1) is 5.56 Å². The predicted octanol–water partition coefficient (Wildman–Crippen LogP) is 1.76. The van der Waals surface area contributed by atoms with Crippen molar-refractivity contribution in [1.82, 2.24) is 16.0 Å². The van der Waals surface area contributed by atoms with Gasteiger partial charge in [0, 0.05) is 24.3 Å². The fourth-order valence-corrected chi connectivity index (χ4v) is 1.69. The number of amides is 1. The Bertz CT molecular complexity index is 599. The molecule has 6 nitrogen and oxygen atoms in total. The third-order valence-electron chi connectivity index (χ3n) is 2.32. The normalized spacial score (nSPS) is 12.8. The first-order valence-corrected chi connectivity index (χ1v) is 6.12. The van der Waals surface area contributed by atoms with Gasteiger partial charge in [0.25, 0.3) is 5.91 Å². The fraction of sp³-hybridized carbons (Fsp3) is 0.0769. The van der Waals surface area contributed by atoms with Crippen LogP contribution >= 0.6 is 11.6 Å². The van der Waals surface area contributed by atoms with E-state index in [1.807, 2.05) is 0 Å². The van der Waals surface area contributed by atoms with Gasteiger partial charge in [-0.25, -0.2) is 10.5 Å². The number of benzene rings is 1. The van der Waals surface area contributed by atoms with E-state index in [2.05, 4.69) is 10.9 Å². The molecular formula is C13H12ClN3O3. The molecular weight excluding hydrogens is 282 g/mol. The summed E-state index contributed by atoms with van der Waals surface area (Å²) in [7, 11) is 0. The van der Waals surface area contributed by atoms with E-state index in [4.69, 9.17) is 16.3 Å². The van der Waals surface area contributed by atoms with Crippen LogP contribution in [0.2, 0.25) is 5.02 Å².